The van der Waals surface area contributed by atoms with Crippen molar-refractivity contribution in [3.05, 3.63) is 40.0 Å². The van der Waals surface area contributed by atoms with Crippen molar-refractivity contribution in [3.63, 3.8) is 0 Å². The molecule has 5 nitrogen and oxygen atoms in total. The summed E-state index contributed by atoms with van der Waals surface area (Å²) in [5.41, 5.74) is 0.643. The number of nitrogens with zero attached hydrogens (tertiary/aromatic N) is 2. The number of allylic oxidation sites excluding steroid dienone is 1. The van der Waals surface area contributed by atoms with Crippen molar-refractivity contribution in [2.75, 3.05) is 5.32 Å². The Balaban J connectivity index is 2.96. The number of carboxylic acids is 1. The van der Waals surface area contributed by atoms with Gasteiger partial charge in [0.25, 0.3) is 0 Å². The lowest BCUT2D eigenvalue weighted by Crippen LogP contribution is -1.97. The fraction of sp³-hybridized carbons (Fsp3) is 0. The largest absolute Gasteiger partial charge is 0.478 e. The Hall–Kier alpha value is -2.31. The molecule has 6 heteroatoms. The second kappa shape index (κ2) is 5.69. The standard InChI is InChI=1S/C11H6BrN3O2/c12-9-3-8(11(16)17)1-2-10(9)15-6-7(4-13)5-14/h1-3,6,15H,(H,16,17). The third-order valence-electron chi connectivity index (χ3n) is 1.83. The first-order valence-electron chi connectivity index (χ1n) is 4.38. The molecule has 1 aromatic carbocycles. The number of rotatable bonds is 3. The summed E-state index contributed by atoms with van der Waals surface area (Å²) in [5.74, 6) is -1.03. The first-order chi connectivity index (χ1) is 8.08. The van der Waals surface area contributed by atoms with Gasteiger partial charge in [0.2, 0.25) is 0 Å². The highest BCUT2D eigenvalue weighted by Gasteiger charge is 2.05. The maximum Gasteiger partial charge on any atom is 0.335 e. The maximum absolute atomic E-state index is 10.7. The van der Waals surface area contributed by atoms with Gasteiger partial charge in [0.1, 0.15) is 17.7 Å². The molecular weight excluding hydrogens is 286 g/mol. The van der Waals surface area contributed by atoms with Gasteiger partial charge in [-0.05, 0) is 34.1 Å². The zero-order valence-corrected chi connectivity index (χ0v) is 10.0. The predicted molar refractivity (Wildman–Crippen MR) is 64.0 cm³/mol. The number of aromatic carboxylic acids is 1. The lowest BCUT2D eigenvalue weighted by Gasteiger charge is -2.04. The highest BCUT2D eigenvalue weighted by molar-refractivity contribution is 9.10. The van der Waals surface area contributed by atoms with E-state index in [1.807, 2.05) is 0 Å². The number of nitriles is 2. The van der Waals surface area contributed by atoms with Crippen LogP contribution in [0.2, 0.25) is 0 Å². The molecule has 0 fully saturated rings. The van der Waals surface area contributed by atoms with Gasteiger partial charge in [-0.15, -0.1) is 0 Å². The molecule has 0 atom stereocenters. The fourth-order valence-corrected chi connectivity index (χ4v) is 1.50. The van der Waals surface area contributed by atoms with E-state index in [9.17, 15) is 4.79 Å². The Kier molecular flexibility index (Phi) is 4.27. The molecule has 0 aliphatic carbocycles. The van der Waals surface area contributed by atoms with Crippen LogP contribution in [0.1, 0.15) is 10.4 Å². The van der Waals surface area contributed by atoms with Crippen molar-refractivity contribution in [1.82, 2.24) is 0 Å². The number of anilines is 1. The van der Waals surface area contributed by atoms with Gasteiger partial charge in [0.05, 0.1) is 11.3 Å². The van der Waals surface area contributed by atoms with E-state index in [-0.39, 0.29) is 11.1 Å². The van der Waals surface area contributed by atoms with E-state index < -0.39 is 5.97 Å². The van der Waals surface area contributed by atoms with E-state index in [4.69, 9.17) is 15.6 Å². The summed E-state index contributed by atoms with van der Waals surface area (Å²) in [7, 11) is 0. The minimum Gasteiger partial charge on any atom is -0.478 e. The fourth-order valence-electron chi connectivity index (χ4n) is 1.00. The number of benzene rings is 1. The maximum atomic E-state index is 10.7. The molecule has 0 saturated carbocycles. The van der Waals surface area contributed by atoms with Crippen LogP contribution in [0.25, 0.3) is 0 Å². The average molecular weight is 292 g/mol. The molecule has 0 heterocycles. The second-order valence-corrected chi connectivity index (χ2v) is 3.78. The van der Waals surface area contributed by atoms with Crippen molar-refractivity contribution in [2.45, 2.75) is 0 Å². The highest BCUT2D eigenvalue weighted by Crippen LogP contribution is 2.23. The molecule has 0 aliphatic heterocycles. The Morgan fingerprint density at radius 2 is 2.06 bits per heavy atom. The van der Waals surface area contributed by atoms with Gasteiger partial charge in [-0.3, -0.25) is 0 Å². The van der Waals surface area contributed by atoms with Crippen LogP contribution in [-0.2, 0) is 0 Å². The van der Waals surface area contributed by atoms with E-state index in [0.29, 0.717) is 10.2 Å². The van der Waals surface area contributed by atoms with Crippen LogP contribution in [0.15, 0.2) is 34.4 Å². The first kappa shape index (κ1) is 12.8. The third kappa shape index (κ3) is 3.33. The molecule has 0 unspecified atom stereocenters. The molecule has 84 valence electrons. The minimum atomic E-state index is -1.03. The number of nitrogens with one attached hydrogen (secondary N) is 1. The van der Waals surface area contributed by atoms with Crippen molar-refractivity contribution in [1.29, 1.82) is 10.5 Å². The van der Waals surface area contributed by atoms with Crippen LogP contribution in [0.4, 0.5) is 5.69 Å². The molecule has 0 spiro atoms. The van der Waals surface area contributed by atoms with E-state index in [1.54, 1.807) is 12.1 Å². The van der Waals surface area contributed by atoms with Crippen molar-refractivity contribution in [2.24, 2.45) is 0 Å². The average Bonchev–Trinajstić information content (AvgIpc) is 2.31. The monoisotopic (exact) mass is 291 g/mol. The zero-order valence-electron chi connectivity index (χ0n) is 8.44. The van der Waals surface area contributed by atoms with E-state index >= 15 is 0 Å². The van der Waals surface area contributed by atoms with E-state index in [2.05, 4.69) is 21.2 Å². The lowest BCUT2D eigenvalue weighted by atomic mass is 10.2. The van der Waals surface area contributed by atoms with Gasteiger partial charge in [0, 0.05) is 10.7 Å². The summed E-state index contributed by atoms with van der Waals surface area (Å²) in [6.07, 6.45) is 1.25. The van der Waals surface area contributed by atoms with Gasteiger partial charge in [0.15, 0.2) is 0 Å². The van der Waals surface area contributed by atoms with Crippen LogP contribution >= 0.6 is 15.9 Å². The van der Waals surface area contributed by atoms with Crippen LogP contribution in [0.3, 0.4) is 0 Å². The van der Waals surface area contributed by atoms with E-state index in [0.717, 1.165) is 0 Å². The smallest absolute Gasteiger partial charge is 0.335 e. The molecule has 0 bridgehead atoms. The third-order valence-corrected chi connectivity index (χ3v) is 2.49. The SMILES string of the molecule is N#CC(C#N)=CNc1ccc(C(=O)O)cc1Br. The van der Waals surface area contributed by atoms with Crippen molar-refractivity contribution >= 4 is 27.6 Å². The number of carboxylic acid groups (broad SMARTS) is 1. The topological polar surface area (TPSA) is 96.9 Å². The lowest BCUT2D eigenvalue weighted by molar-refractivity contribution is 0.0697. The summed E-state index contributed by atoms with van der Waals surface area (Å²) in [6.45, 7) is 0. The van der Waals surface area contributed by atoms with Crippen LogP contribution in [0.5, 0.6) is 0 Å². The number of carbonyl (C=O) groups is 1. The normalized spacial score (nSPS) is 8.65. The van der Waals surface area contributed by atoms with Gasteiger partial charge in [-0.1, -0.05) is 0 Å². The zero-order chi connectivity index (χ0) is 12.8. The second-order valence-electron chi connectivity index (χ2n) is 2.93. The minimum absolute atomic E-state index is 0.0702. The molecule has 0 radical (unpaired) electrons. The molecule has 2 N–H and O–H groups in total. The molecule has 0 aromatic heterocycles. The number of hydrogen-bond acceptors (Lipinski definition) is 4. The van der Waals surface area contributed by atoms with Crippen molar-refractivity contribution < 1.29 is 9.90 Å². The Morgan fingerprint density at radius 1 is 1.41 bits per heavy atom. The first-order valence-corrected chi connectivity index (χ1v) is 5.17. The highest BCUT2D eigenvalue weighted by atomic mass is 79.9. The molecule has 1 rings (SSSR count). The van der Waals surface area contributed by atoms with Gasteiger partial charge < -0.3 is 10.4 Å². The summed E-state index contributed by atoms with van der Waals surface area (Å²) in [4.78, 5) is 10.7. The Morgan fingerprint density at radius 3 is 2.53 bits per heavy atom. The van der Waals surface area contributed by atoms with Crippen LogP contribution < -0.4 is 5.32 Å². The summed E-state index contributed by atoms with van der Waals surface area (Å²) < 4.78 is 0.531. The molecular formula is C11H6BrN3O2. The van der Waals surface area contributed by atoms with Crippen molar-refractivity contribution in [3.8, 4) is 12.1 Å². The Labute approximate surface area is 106 Å². The van der Waals surface area contributed by atoms with Crippen LogP contribution in [-0.4, -0.2) is 11.1 Å². The molecule has 0 aliphatic rings. The predicted octanol–water partition coefficient (Wildman–Crippen LogP) is 2.49. The quantitative estimate of drug-likeness (QED) is 0.834. The summed E-state index contributed by atoms with van der Waals surface area (Å²) >= 11 is 3.19. The number of hydrogen-bond donors (Lipinski definition) is 2. The Bertz CT molecular complexity index is 551. The van der Waals surface area contributed by atoms with Crippen LogP contribution in [0, 0.1) is 22.7 Å². The van der Waals surface area contributed by atoms with Gasteiger partial charge in [-0.25, -0.2) is 4.79 Å². The molecule has 0 amide bonds. The molecule has 17 heavy (non-hydrogen) atoms. The van der Waals surface area contributed by atoms with Gasteiger partial charge in [-0.2, -0.15) is 10.5 Å². The molecule has 0 saturated heterocycles. The van der Waals surface area contributed by atoms with Gasteiger partial charge >= 0.3 is 5.97 Å². The van der Waals surface area contributed by atoms with E-state index in [1.165, 1.54) is 24.4 Å². The summed E-state index contributed by atoms with van der Waals surface area (Å²) in [5, 5.41) is 28.5. The molecule has 1 aromatic rings. The number of halogens is 1. The summed E-state index contributed by atoms with van der Waals surface area (Å²) in [6, 6.07) is 7.78.